The molecule has 0 aliphatic carbocycles. The third-order valence-electron chi connectivity index (χ3n) is 6.66. The first kappa shape index (κ1) is 34.9. The quantitative estimate of drug-likeness (QED) is 0.147. The summed E-state index contributed by atoms with van der Waals surface area (Å²) in [4.78, 5) is 49.5. The van der Waals surface area contributed by atoms with Crippen LogP contribution in [0.4, 0.5) is 14.4 Å². The van der Waals surface area contributed by atoms with Crippen molar-refractivity contribution >= 4 is 24.4 Å². The fourth-order valence-electron chi connectivity index (χ4n) is 3.57. The molecule has 0 aliphatic heterocycles. The van der Waals surface area contributed by atoms with Crippen LogP contribution in [-0.2, 0) is 25.4 Å². The third-order valence-corrected chi connectivity index (χ3v) is 6.66. The van der Waals surface area contributed by atoms with E-state index in [-0.39, 0.29) is 30.1 Å². The lowest BCUT2D eigenvalue weighted by molar-refractivity contribution is -0.144. The van der Waals surface area contributed by atoms with Crippen LogP contribution < -0.4 is 19.9 Å². The Morgan fingerprint density at radius 2 is 1.33 bits per heavy atom. The maximum atomic E-state index is 12.6. The molecule has 3 N–H and O–H groups in total. The Labute approximate surface area is 251 Å². The Balaban J connectivity index is 2.27. The average Bonchev–Trinajstić information content (AvgIpc) is 2.89. The van der Waals surface area contributed by atoms with Crippen molar-refractivity contribution in [2.24, 2.45) is 5.73 Å². The second kappa shape index (κ2) is 14.7. The number of hydrogen-bond acceptors (Lipinski definition) is 11. The van der Waals surface area contributed by atoms with E-state index in [4.69, 9.17) is 34.2 Å². The molecule has 0 spiro atoms. The summed E-state index contributed by atoms with van der Waals surface area (Å²) in [5, 5.41) is 10.00. The molecule has 2 aromatic carbocycles. The molecule has 0 fully saturated rings. The Kier molecular flexibility index (Phi) is 11.9. The van der Waals surface area contributed by atoms with Crippen molar-refractivity contribution in [3.05, 3.63) is 54.1 Å². The van der Waals surface area contributed by atoms with Gasteiger partial charge in [0.05, 0.1) is 0 Å². The molecular weight excluding hydrogens is 562 g/mol. The number of hydrogen-bond donors (Lipinski definition) is 2. The summed E-state index contributed by atoms with van der Waals surface area (Å²) in [7, 11) is 0. The number of carboxylic acid groups (broad SMARTS) is 1. The van der Waals surface area contributed by atoms with Gasteiger partial charge < -0.3 is 39.3 Å². The van der Waals surface area contributed by atoms with Crippen molar-refractivity contribution < 1.29 is 52.7 Å². The van der Waals surface area contributed by atoms with Crippen LogP contribution in [0, 0.1) is 0 Å². The number of carbonyl (C=O) groups excluding carboxylic acids is 3. The van der Waals surface area contributed by atoms with Crippen molar-refractivity contribution in [3.8, 4) is 17.2 Å². The zero-order chi connectivity index (χ0) is 32.4. The van der Waals surface area contributed by atoms with E-state index in [2.05, 4.69) is 0 Å². The van der Waals surface area contributed by atoms with Crippen molar-refractivity contribution in [1.29, 1.82) is 0 Å². The van der Waals surface area contributed by atoms with Crippen LogP contribution in [0.15, 0.2) is 48.5 Å². The highest BCUT2D eigenvalue weighted by Gasteiger charge is 2.38. The Hall–Kier alpha value is -4.32. The summed E-state index contributed by atoms with van der Waals surface area (Å²) in [6.07, 6.45) is -3.60. The number of para-hydroxylation sites is 1. The molecule has 1 unspecified atom stereocenters. The molecule has 43 heavy (non-hydrogen) atoms. The molecule has 0 radical (unpaired) electrons. The summed E-state index contributed by atoms with van der Waals surface area (Å²) in [6.45, 7) is 11.9. The van der Waals surface area contributed by atoms with Gasteiger partial charge in [-0.25, -0.2) is 14.4 Å². The zero-order valence-corrected chi connectivity index (χ0v) is 25.6. The normalized spacial score (nSPS) is 13.6. The number of carboxylic acids is 1. The largest absolute Gasteiger partial charge is 0.514 e. The van der Waals surface area contributed by atoms with Gasteiger partial charge in [-0.15, -0.1) is 0 Å². The lowest BCUT2D eigenvalue weighted by Gasteiger charge is -2.28. The molecule has 2 aromatic rings. The predicted molar refractivity (Wildman–Crippen MR) is 155 cm³/mol. The second-order valence-electron chi connectivity index (χ2n) is 11.4. The topological polar surface area (TPSA) is 170 Å². The van der Waals surface area contributed by atoms with E-state index in [1.165, 1.54) is 25.1 Å². The minimum atomic E-state index is -1.92. The monoisotopic (exact) mass is 603 g/mol. The summed E-state index contributed by atoms with van der Waals surface area (Å²) in [5.41, 5.74) is 3.04. The van der Waals surface area contributed by atoms with E-state index >= 15 is 0 Å². The van der Waals surface area contributed by atoms with Gasteiger partial charge in [-0.3, -0.25) is 4.79 Å². The molecule has 0 saturated heterocycles. The van der Waals surface area contributed by atoms with Gasteiger partial charge in [0.25, 0.3) is 0 Å². The van der Waals surface area contributed by atoms with Crippen LogP contribution >= 0.6 is 0 Å². The van der Waals surface area contributed by atoms with Crippen LogP contribution in [-0.4, -0.2) is 52.4 Å². The minimum absolute atomic E-state index is 0.162. The SMILES string of the molecule is CCC(C)(C)OC(=O)Oc1ccc(CC(N)(C[C@H](C)OC(=O)Oc2ccccc2)C(=O)O)cc1OC(=O)OC(C)(C)CC. The number of ether oxygens (including phenoxy) is 6. The van der Waals surface area contributed by atoms with Crippen molar-refractivity contribution in [1.82, 2.24) is 0 Å². The van der Waals surface area contributed by atoms with Crippen LogP contribution in [0.2, 0.25) is 0 Å². The molecule has 2 rings (SSSR count). The van der Waals surface area contributed by atoms with Crippen molar-refractivity contribution in [2.75, 3.05) is 0 Å². The lowest BCUT2D eigenvalue weighted by atomic mass is 9.86. The van der Waals surface area contributed by atoms with Gasteiger partial charge in [0.2, 0.25) is 0 Å². The van der Waals surface area contributed by atoms with Crippen molar-refractivity contribution in [3.63, 3.8) is 0 Å². The zero-order valence-electron chi connectivity index (χ0n) is 25.6. The molecule has 0 amide bonds. The maximum absolute atomic E-state index is 12.6. The van der Waals surface area contributed by atoms with Crippen molar-refractivity contribution in [2.45, 2.75) is 97.0 Å². The van der Waals surface area contributed by atoms with Gasteiger partial charge in [-0.1, -0.05) is 38.1 Å². The Morgan fingerprint density at radius 1 is 0.791 bits per heavy atom. The standard InChI is InChI=1S/C31H41NO11/c1-8-29(4,5)42-27(36)40-23-16-15-21(17-24(23)41-28(37)43-30(6,7)9-2)19-31(32,25(33)34)18-20(3)38-26(35)39-22-13-11-10-12-14-22/h10-17,20H,8-9,18-19,32H2,1-7H3,(H,33,34)/t20-,31?/m0/s1. The molecule has 236 valence electrons. The van der Waals surface area contributed by atoms with Crippen LogP contribution in [0.3, 0.4) is 0 Å². The van der Waals surface area contributed by atoms with Gasteiger partial charge >= 0.3 is 24.4 Å². The Bertz CT molecular complexity index is 1280. The lowest BCUT2D eigenvalue weighted by Crippen LogP contribution is -2.52. The highest BCUT2D eigenvalue weighted by molar-refractivity contribution is 5.79. The van der Waals surface area contributed by atoms with Crippen LogP contribution in [0.25, 0.3) is 0 Å². The predicted octanol–water partition coefficient (Wildman–Crippen LogP) is 6.41. The molecule has 0 heterocycles. The van der Waals surface area contributed by atoms with Gasteiger partial charge in [0, 0.05) is 12.8 Å². The first-order valence-electron chi connectivity index (χ1n) is 13.9. The van der Waals surface area contributed by atoms with E-state index in [0.29, 0.717) is 18.4 Å². The summed E-state index contributed by atoms with van der Waals surface area (Å²) >= 11 is 0. The van der Waals surface area contributed by atoms with Gasteiger partial charge in [-0.2, -0.15) is 0 Å². The number of benzene rings is 2. The van der Waals surface area contributed by atoms with Crippen LogP contribution in [0.1, 0.15) is 73.3 Å². The first-order valence-corrected chi connectivity index (χ1v) is 13.9. The smallest absolute Gasteiger partial charge is 0.480 e. The number of rotatable bonds is 13. The number of nitrogens with two attached hydrogens (primary N) is 1. The van der Waals surface area contributed by atoms with Gasteiger partial charge in [-0.05, 0) is 77.3 Å². The van der Waals surface area contributed by atoms with E-state index < -0.39 is 47.3 Å². The third kappa shape index (κ3) is 11.5. The van der Waals surface area contributed by atoms with E-state index in [9.17, 15) is 24.3 Å². The molecule has 0 aliphatic rings. The van der Waals surface area contributed by atoms with Gasteiger partial charge in [0.15, 0.2) is 11.5 Å². The molecular formula is C31H41NO11. The van der Waals surface area contributed by atoms with Crippen LogP contribution in [0.5, 0.6) is 17.2 Å². The molecule has 0 bridgehead atoms. The summed E-state index contributed by atoms with van der Waals surface area (Å²) in [5.74, 6) is -1.49. The Morgan fingerprint density at radius 3 is 1.84 bits per heavy atom. The average molecular weight is 604 g/mol. The first-order chi connectivity index (χ1) is 20.0. The maximum Gasteiger partial charge on any atom is 0.514 e. The van der Waals surface area contributed by atoms with E-state index in [0.717, 1.165) is 0 Å². The van der Waals surface area contributed by atoms with Gasteiger partial charge in [0.1, 0.15) is 28.6 Å². The van der Waals surface area contributed by atoms with E-state index in [1.807, 2.05) is 13.8 Å². The molecule has 0 saturated carbocycles. The highest BCUT2D eigenvalue weighted by Crippen LogP contribution is 2.32. The summed E-state index contributed by atoms with van der Waals surface area (Å²) in [6, 6.07) is 12.3. The highest BCUT2D eigenvalue weighted by atomic mass is 16.8. The number of aliphatic carboxylic acids is 1. The van der Waals surface area contributed by atoms with E-state index in [1.54, 1.807) is 58.0 Å². The molecule has 2 atom stereocenters. The number of carbonyl (C=O) groups is 4. The minimum Gasteiger partial charge on any atom is -0.480 e. The fraction of sp³-hybridized carbons (Fsp3) is 0.484. The summed E-state index contributed by atoms with van der Waals surface area (Å²) < 4.78 is 31.7. The fourth-order valence-corrected chi connectivity index (χ4v) is 3.57. The molecule has 12 heteroatoms. The molecule has 12 nitrogen and oxygen atoms in total. The molecule has 0 aromatic heterocycles. The second-order valence-corrected chi connectivity index (χ2v) is 11.4.